The van der Waals surface area contributed by atoms with Crippen LogP contribution in [0.5, 0.6) is 5.88 Å². The quantitative estimate of drug-likeness (QED) is 0.473. The fraction of sp³-hybridized carbons (Fsp3) is 0.625. The summed E-state index contributed by atoms with van der Waals surface area (Å²) in [7, 11) is 0. The van der Waals surface area contributed by atoms with E-state index in [-0.39, 0.29) is 12.5 Å². The number of alkyl halides is 3. The first-order valence-electron chi connectivity index (χ1n) is 8.20. The van der Waals surface area contributed by atoms with Gasteiger partial charge in [0.1, 0.15) is 6.61 Å². The minimum absolute atomic E-state index is 0.159. The van der Waals surface area contributed by atoms with E-state index in [0.717, 1.165) is 37.6 Å². The third-order valence-electron chi connectivity index (χ3n) is 3.72. The molecule has 1 saturated carbocycles. The molecule has 1 fully saturated rings. The summed E-state index contributed by atoms with van der Waals surface area (Å²) in [6.45, 7) is 3.40. The van der Waals surface area contributed by atoms with Crippen molar-refractivity contribution in [2.75, 3.05) is 19.7 Å². The molecular weight excluding hydrogens is 321 g/mol. The number of guanidine groups is 1. The van der Waals surface area contributed by atoms with Gasteiger partial charge < -0.3 is 15.4 Å². The number of hydrogen-bond donors (Lipinski definition) is 2. The molecule has 0 aliphatic heterocycles. The molecule has 24 heavy (non-hydrogen) atoms. The standard InChI is InChI=1S/C16H23F3N4O/c1-2-20-15(23-13-5-3-4-6-13)21-9-10-24-14-8-7-12(11-22-14)16(17,18)19/h7-8,11,13H,2-6,9-10H2,1H3,(H2,20,21,23). The van der Waals surface area contributed by atoms with Gasteiger partial charge in [0.05, 0.1) is 12.1 Å². The predicted octanol–water partition coefficient (Wildman–Crippen LogP) is 2.98. The maximum absolute atomic E-state index is 12.4. The van der Waals surface area contributed by atoms with E-state index in [0.29, 0.717) is 12.6 Å². The van der Waals surface area contributed by atoms with Gasteiger partial charge >= 0.3 is 6.18 Å². The molecule has 0 saturated heterocycles. The summed E-state index contributed by atoms with van der Waals surface area (Å²) in [6.07, 6.45) is 1.15. The summed E-state index contributed by atoms with van der Waals surface area (Å²) in [5.74, 6) is 0.903. The van der Waals surface area contributed by atoms with Crippen molar-refractivity contribution in [3.63, 3.8) is 0 Å². The molecule has 1 aliphatic carbocycles. The van der Waals surface area contributed by atoms with E-state index >= 15 is 0 Å². The third kappa shape index (κ3) is 5.90. The van der Waals surface area contributed by atoms with Crippen molar-refractivity contribution in [1.29, 1.82) is 0 Å². The zero-order valence-electron chi connectivity index (χ0n) is 13.7. The van der Waals surface area contributed by atoms with Crippen LogP contribution in [0.2, 0.25) is 0 Å². The first-order valence-corrected chi connectivity index (χ1v) is 8.20. The van der Waals surface area contributed by atoms with Crippen LogP contribution in [-0.2, 0) is 6.18 Å². The minimum Gasteiger partial charge on any atom is -0.476 e. The molecule has 2 N–H and O–H groups in total. The Labute approximate surface area is 139 Å². The number of aromatic nitrogens is 1. The summed E-state index contributed by atoms with van der Waals surface area (Å²) >= 11 is 0. The molecule has 1 aliphatic rings. The van der Waals surface area contributed by atoms with Crippen LogP contribution in [-0.4, -0.2) is 36.7 Å². The fourth-order valence-corrected chi connectivity index (χ4v) is 2.52. The molecule has 1 aromatic rings. The summed E-state index contributed by atoms with van der Waals surface area (Å²) < 4.78 is 42.7. The first-order chi connectivity index (χ1) is 11.5. The monoisotopic (exact) mass is 344 g/mol. The number of nitrogens with one attached hydrogen (secondary N) is 2. The Morgan fingerprint density at radius 2 is 2.08 bits per heavy atom. The van der Waals surface area contributed by atoms with E-state index in [2.05, 4.69) is 20.6 Å². The van der Waals surface area contributed by atoms with Crippen molar-refractivity contribution < 1.29 is 17.9 Å². The molecule has 5 nitrogen and oxygen atoms in total. The Morgan fingerprint density at radius 3 is 2.67 bits per heavy atom. The van der Waals surface area contributed by atoms with Gasteiger partial charge in [-0.3, -0.25) is 0 Å². The van der Waals surface area contributed by atoms with Crippen molar-refractivity contribution in [3.8, 4) is 5.88 Å². The maximum atomic E-state index is 12.4. The normalized spacial score (nSPS) is 16.2. The summed E-state index contributed by atoms with van der Waals surface area (Å²) in [6, 6.07) is 2.63. The highest BCUT2D eigenvalue weighted by Gasteiger charge is 2.30. The number of pyridine rings is 1. The molecular formula is C16H23F3N4O. The van der Waals surface area contributed by atoms with Crippen LogP contribution in [0.25, 0.3) is 0 Å². The summed E-state index contributed by atoms with van der Waals surface area (Å²) in [5, 5.41) is 6.56. The Hall–Kier alpha value is -1.99. The number of nitrogens with zero attached hydrogens (tertiary/aromatic N) is 2. The molecule has 1 aromatic heterocycles. The molecule has 134 valence electrons. The Kier molecular flexibility index (Phi) is 6.69. The average Bonchev–Trinajstić information content (AvgIpc) is 3.04. The van der Waals surface area contributed by atoms with Crippen molar-refractivity contribution in [2.24, 2.45) is 4.99 Å². The zero-order chi connectivity index (χ0) is 17.4. The maximum Gasteiger partial charge on any atom is 0.417 e. The van der Waals surface area contributed by atoms with Gasteiger partial charge in [-0.25, -0.2) is 9.98 Å². The van der Waals surface area contributed by atoms with Gasteiger partial charge in [0.25, 0.3) is 0 Å². The van der Waals surface area contributed by atoms with Crippen LogP contribution < -0.4 is 15.4 Å². The number of ether oxygens (including phenoxy) is 1. The van der Waals surface area contributed by atoms with Gasteiger partial charge in [-0.1, -0.05) is 12.8 Å². The topological polar surface area (TPSA) is 58.5 Å². The van der Waals surface area contributed by atoms with Crippen LogP contribution in [0.15, 0.2) is 23.3 Å². The van der Waals surface area contributed by atoms with Gasteiger partial charge in [0.2, 0.25) is 5.88 Å². The molecule has 0 radical (unpaired) electrons. The minimum atomic E-state index is -4.39. The molecule has 0 spiro atoms. The van der Waals surface area contributed by atoms with E-state index in [9.17, 15) is 13.2 Å². The van der Waals surface area contributed by atoms with Crippen LogP contribution >= 0.6 is 0 Å². The number of hydrogen-bond acceptors (Lipinski definition) is 3. The molecule has 2 rings (SSSR count). The van der Waals surface area contributed by atoms with Crippen LogP contribution in [0.3, 0.4) is 0 Å². The highest BCUT2D eigenvalue weighted by Crippen LogP contribution is 2.29. The first kappa shape index (κ1) is 18.4. The molecule has 1 heterocycles. The largest absolute Gasteiger partial charge is 0.476 e. The van der Waals surface area contributed by atoms with Crippen molar-refractivity contribution in [1.82, 2.24) is 15.6 Å². The van der Waals surface area contributed by atoms with Crippen molar-refractivity contribution >= 4 is 5.96 Å². The lowest BCUT2D eigenvalue weighted by molar-refractivity contribution is -0.137. The average molecular weight is 344 g/mol. The van der Waals surface area contributed by atoms with Crippen LogP contribution in [0.1, 0.15) is 38.2 Å². The van der Waals surface area contributed by atoms with E-state index in [1.165, 1.54) is 18.9 Å². The summed E-state index contributed by atoms with van der Waals surface area (Å²) in [5.41, 5.74) is -0.789. The van der Waals surface area contributed by atoms with Crippen LogP contribution in [0, 0.1) is 0 Å². The van der Waals surface area contributed by atoms with Gasteiger partial charge in [0.15, 0.2) is 5.96 Å². The van der Waals surface area contributed by atoms with E-state index in [4.69, 9.17) is 4.74 Å². The number of rotatable bonds is 6. The molecule has 0 atom stereocenters. The van der Waals surface area contributed by atoms with E-state index in [1.807, 2.05) is 6.92 Å². The lowest BCUT2D eigenvalue weighted by atomic mass is 10.2. The highest BCUT2D eigenvalue weighted by molar-refractivity contribution is 5.80. The van der Waals surface area contributed by atoms with E-state index in [1.54, 1.807) is 0 Å². The third-order valence-corrected chi connectivity index (χ3v) is 3.72. The second-order valence-corrected chi connectivity index (χ2v) is 5.62. The highest BCUT2D eigenvalue weighted by atomic mass is 19.4. The van der Waals surface area contributed by atoms with Gasteiger partial charge in [-0.2, -0.15) is 13.2 Å². The molecule has 8 heteroatoms. The van der Waals surface area contributed by atoms with E-state index < -0.39 is 11.7 Å². The van der Waals surface area contributed by atoms with Crippen molar-refractivity contribution in [3.05, 3.63) is 23.9 Å². The predicted molar refractivity (Wildman–Crippen MR) is 86.1 cm³/mol. The molecule has 0 unspecified atom stereocenters. The lowest BCUT2D eigenvalue weighted by Gasteiger charge is -2.16. The number of halogens is 3. The van der Waals surface area contributed by atoms with Crippen molar-refractivity contribution in [2.45, 2.75) is 44.8 Å². The second-order valence-electron chi connectivity index (χ2n) is 5.62. The lowest BCUT2D eigenvalue weighted by Crippen LogP contribution is -2.42. The number of aliphatic imine (C=N–C) groups is 1. The second kappa shape index (κ2) is 8.75. The Morgan fingerprint density at radius 1 is 1.33 bits per heavy atom. The molecule has 0 amide bonds. The fourth-order valence-electron chi connectivity index (χ4n) is 2.52. The Balaban J connectivity index is 1.78. The van der Waals surface area contributed by atoms with Gasteiger partial charge in [-0.15, -0.1) is 0 Å². The van der Waals surface area contributed by atoms with Crippen LogP contribution in [0.4, 0.5) is 13.2 Å². The SMILES string of the molecule is CCNC(=NCCOc1ccc(C(F)(F)F)cn1)NC1CCCC1. The smallest absolute Gasteiger partial charge is 0.417 e. The molecule has 0 aromatic carbocycles. The molecule has 0 bridgehead atoms. The summed E-state index contributed by atoms with van der Waals surface area (Å²) in [4.78, 5) is 8.07. The van der Waals surface area contributed by atoms with Gasteiger partial charge in [-0.05, 0) is 25.8 Å². The zero-order valence-corrected chi connectivity index (χ0v) is 13.7. The van der Waals surface area contributed by atoms with Gasteiger partial charge in [0, 0.05) is 24.8 Å². The Bertz CT molecular complexity index is 525.